The van der Waals surface area contributed by atoms with Crippen LogP contribution in [0, 0.1) is 0 Å². The van der Waals surface area contributed by atoms with Crippen LogP contribution in [0.2, 0.25) is 0 Å². The summed E-state index contributed by atoms with van der Waals surface area (Å²) in [6, 6.07) is 0. The van der Waals surface area contributed by atoms with E-state index >= 15 is 0 Å². The van der Waals surface area contributed by atoms with Crippen molar-refractivity contribution in [1.29, 1.82) is 0 Å². The largest absolute Gasteiger partial charge is 0.394 e. The first-order valence-corrected chi connectivity index (χ1v) is 4.51. The Bertz CT molecular complexity index is 128. The minimum atomic E-state index is -4.67. The Balaban J connectivity index is 0. The van der Waals surface area contributed by atoms with Gasteiger partial charge in [0.25, 0.3) is 0 Å². The molecule has 0 aromatic heterocycles. The summed E-state index contributed by atoms with van der Waals surface area (Å²) in [7, 11) is -4.67. The lowest BCUT2D eigenvalue weighted by atomic mass is 10.3. The molecule has 0 unspecified atom stereocenters. The summed E-state index contributed by atoms with van der Waals surface area (Å²) in [5.74, 6) is 0. The second-order valence-electron chi connectivity index (χ2n) is 1.80. The zero-order valence-electron chi connectivity index (χ0n) is 6.24. The summed E-state index contributed by atoms with van der Waals surface area (Å²) < 4.78 is 31.6. The molecule has 2 N–H and O–H groups in total. The van der Waals surface area contributed by atoms with E-state index < -0.39 is 10.4 Å². The maximum Gasteiger partial charge on any atom is 0.394 e. The van der Waals surface area contributed by atoms with Gasteiger partial charge in [0.05, 0.1) is 0 Å². The molecule has 0 heterocycles. The Kier molecular flexibility index (Phi) is 8.75. The molecule has 0 fully saturated rings. The molecular weight excluding hydrogens is 156 g/mol. The van der Waals surface area contributed by atoms with Gasteiger partial charge in [0.2, 0.25) is 0 Å². The van der Waals surface area contributed by atoms with E-state index in [0.29, 0.717) is 0 Å². The summed E-state index contributed by atoms with van der Waals surface area (Å²) in [6.45, 7) is 4.42. The molecule has 0 saturated heterocycles. The van der Waals surface area contributed by atoms with Crippen LogP contribution < -0.4 is 0 Å². The Morgan fingerprint density at radius 3 is 1.30 bits per heavy atom. The average molecular weight is 170 g/mol. The minimum Gasteiger partial charge on any atom is -0.264 e. The average Bonchev–Trinajstić information content (AvgIpc) is 1.63. The highest BCUT2D eigenvalue weighted by molar-refractivity contribution is 7.79. The third-order valence-corrected chi connectivity index (χ3v) is 0.707. The molecule has 0 amide bonds. The van der Waals surface area contributed by atoms with Crippen LogP contribution in [-0.2, 0) is 10.4 Å². The number of hydrogen-bond acceptors (Lipinski definition) is 2. The summed E-state index contributed by atoms with van der Waals surface area (Å²) >= 11 is 0. The van der Waals surface area contributed by atoms with E-state index in [1.54, 1.807) is 0 Å². The normalized spacial score (nSPS) is 10.0. The predicted molar refractivity (Wildman–Crippen MR) is 39.4 cm³/mol. The number of rotatable bonds is 2. The number of hydrogen-bond donors (Lipinski definition) is 2. The van der Waals surface area contributed by atoms with Crippen molar-refractivity contribution < 1.29 is 17.5 Å². The molecular formula is C5H14O4S. The standard InChI is InChI=1S/C5H12.H2O4S/c1-3-5-4-2;1-5(2,3)4/h3-5H2,1-2H3;(H2,1,2,3,4). The molecule has 0 spiro atoms. The second kappa shape index (κ2) is 6.98. The molecule has 0 aromatic rings. The molecule has 4 nitrogen and oxygen atoms in total. The molecule has 0 aliphatic heterocycles. The Hall–Kier alpha value is -0.130. The second-order valence-corrected chi connectivity index (χ2v) is 2.70. The van der Waals surface area contributed by atoms with E-state index in [-0.39, 0.29) is 0 Å². The highest BCUT2D eigenvalue weighted by Crippen LogP contribution is 1.88. The van der Waals surface area contributed by atoms with E-state index in [0.717, 1.165) is 0 Å². The van der Waals surface area contributed by atoms with Crippen LogP contribution in [0.5, 0.6) is 0 Å². The molecule has 0 aliphatic rings. The molecule has 0 aromatic carbocycles. The van der Waals surface area contributed by atoms with Crippen LogP contribution in [0.4, 0.5) is 0 Å². The first-order valence-electron chi connectivity index (χ1n) is 3.11. The van der Waals surface area contributed by atoms with Gasteiger partial charge >= 0.3 is 10.4 Å². The maximum absolute atomic E-state index is 8.74. The third-order valence-electron chi connectivity index (χ3n) is 0.707. The van der Waals surface area contributed by atoms with Gasteiger partial charge in [0.1, 0.15) is 0 Å². The van der Waals surface area contributed by atoms with Gasteiger partial charge < -0.3 is 0 Å². The minimum absolute atomic E-state index is 1.34. The lowest BCUT2D eigenvalue weighted by Gasteiger charge is -1.79. The van der Waals surface area contributed by atoms with E-state index in [4.69, 9.17) is 17.5 Å². The van der Waals surface area contributed by atoms with Crippen LogP contribution in [0.15, 0.2) is 0 Å². The van der Waals surface area contributed by atoms with Crippen LogP contribution in [0.3, 0.4) is 0 Å². The predicted octanol–water partition coefficient (Wildman–Crippen LogP) is 1.54. The van der Waals surface area contributed by atoms with Gasteiger partial charge in [-0.2, -0.15) is 8.42 Å². The van der Waals surface area contributed by atoms with Crippen molar-refractivity contribution >= 4 is 10.4 Å². The van der Waals surface area contributed by atoms with Crippen molar-refractivity contribution in [3.8, 4) is 0 Å². The lowest BCUT2D eigenvalue weighted by Crippen LogP contribution is -1.89. The molecule has 64 valence electrons. The SMILES string of the molecule is CCCCC.O=S(=O)(O)O. The van der Waals surface area contributed by atoms with Crippen LogP contribution in [-0.4, -0.2) is 17.5 Å². The van der Waals surface area contributed by atoms with E-state index in [9.17, 15) is 0 Å². The number of unbranched alkanes of at least 4 members (excludes halogenated alkanes) is 2. The Morgan fingerprint density at radius 2 is 1.30 bits per heavy atom. The molecule has 0 aliphatic carbocycles. The summed E-state index contributed by atoms with van der Waals surface area (Å²) in [5, 5.41) is 0. The molecule has 0 saturated carbocycles. The van der Waals surface area contributed by atoms with Crippen molar-refractivity contribution in [2.24, 2.45) is 0 Å². The van der Waals surface area contributed by atoms with E-state index in [2.05, 4.69) is 13.8 Å². The summed E-state index contributed by atoms with van der Waals surface area (Å²) in [4.78, 5) is 0. The molecule has 0 bridgehead atoms. The van der Waals surface area contributed by atoms with Gasteiger partial charge in [-0.3, -0.25) is 9.11 Å². The van der Waals surface area contributed by atoms with Gasteiger partial charge in [-0.1, -0.05) is 33.1 Å². The fourth-order valence-electron chi connectivity index (χ4n) is 0.354. The van der Waals surface area contributed by atoms with Crippen molar-refractivity contribution in [2.75, 3.05) is 0 Å². The van der Waals surface area contributed by atoms with Gasteiger partial charge in [-0.15, -0.1) is 0 Å². The smallest absolute Gasteiger partial charge is 0.264 e. The zero-order valence-corrected chi connectivity index (χ0v) is 7.06. The highest BCUT2D eigenvalue weighted by Gasteiger charge is 1.84. The van der Waals surface area contributed by atoms with Crippen LogP contribution in [0.1, 0.15) is 33.1 Å². The molecule has 0 radical (unpaired) electrons. The van der Waals surface area contributed by atoms with E-state index in [1.807, 2.05) is 0 Å². The fourth-order valence-corrected chi connectivity index (χ4v) is 0.354. The highest BCUT2D eigenvalue weighted by atomic mass is 32.3. The molecule has 0 atom stereocenters. The van der Waals surface area contributed by atoms with E-state index in [1.165, 1.54) is 19.3 Å². The van der Waals surface area contributed by atoms with Gasteiger partial charge in [-0.25, -0.2) is 0 Å². The summed E-state index contributed by atoms with van der Waals surface area (Å²) in [6.07, 6.45) is 4.08. The Morgan fingerprint density at radius 1 is 1.10 bits per heavy atom. The summed E-state index contributed by atoms with van der Waals surface area (Å²) in [5.41, 5.74) is 0. The van der Waals surface area contributed by atoms with Crippen LogP contribution in [0.25, 0.3) is 0 Å². The molecule has 10 heavy (non-hydrogen) atoms. The van der Waals surface area contributed by atoms with Crippen molar-refractivity contribution in [1.82, 2.24) is 0 Å². The zero-order chi connectivity index (χ0) is 8.62. The van der Waals surface area contributed by atoms with Gasteiger partial charge in [0.15, 0.2) is 0 Å². The lowest BCUT2D eigenvalue weighted by molar-refractivity contribution is 0.381. The van der Waals surface area contributed by atoms with Gasteiger partial charge in [0, 0.05) is 0 Å². The Labute approximate surface area is 61.8 Å². The molecule has 5 heteroatoms. The third kappa shape index (κ3) is 106. The maximum atomic E-state index is 8.74. The quantitative estimate of drug-likeness (QED) is 0.616. The molecule has 0 rings (SSSR count). The topological polar surface area (TPSA) is 74.6 Å². The van der Waals surface area contributed by atoms with Crippen molar-refractivity contribution in [2.45, 2.75) is 33.1 Å². The first kappa shape index (κ1) is 12.5. The first-order chi connectivity index (χ1) is 4.41. The van der Waals surface area contributed by atoms with Crippen molar-refractivity contribution in [3.63, 3.8) is 0 Å². The van der Waals surface area contributed by atoms with Crippen LogP contribution >= 0.6 is 0 Å². The fraction of sp³-hybridized carbons (Fsp3) is 1.00. The monoisotopic (exact) mass is 170 g/mol. The van der Waals surface area contributed by atoms with Gasteiger partial charge in [-0.05, 0) is 0 Å². The van der Waals surface area contributed by atoms with Crippen molar-refractivity contribution in [3.05, 3.63) is 0 Å².